The summed E-state index contributed by atoms with van der Waals surface area (Å²) in [6.45, 7) is 5.05. The number of halogens is 2. The van der Waals surface area contributed by atoms with Gasteiger partial charge < -0.3 is 10.1 Å². The number of benzene rings is 1. The predicted octanol–water partition coefficient (Wildman–Crippen LogP) is 2.91. The normalized spacial score (nSPS) is 13.4. The lowest BCUT2D eigenvalue weighted by Gasteiger charge is -2.27. The maximum Gasteiger partial charge on any atom is 0.259 e. The van der Waals surface area contributed by atoms with Crippen molar-refractivity contribution in [2.45, 2.75) is 26.3 Å². The number of ether oxygens (including phenoxy) is 1. The van der Waals surface area contributed by atoms with Crippen molar-refractivity contribution >= 4 is 17.5 Å². The fourth-order valence-corrected chi connectivity index (χ4v) is 1.51. The van der Waals surface area contributed by atoms with Crippen LogP contribution in [-0.2, 0) is 4.79 Å². The van der Waals surface area contributed by atoms with E-state index in [0.29, 0.717) is 0 Å². The third-order valence-corrected chi connectivity index (χ3v) is 3.34. The van der Waals surface area contributed by atoms with E-state index in [0.717, 1.165) is 6.07 Å². The number of carbonyl (C=O) groups is 1. The van der Waals surface area contributed by atoms with E-state index >= 15 is 0 Å². The second kappa shape index (κ2) is 6.58. The third kappa shape index (κ3) is 4.10. The minimum Gasteiger partial charge on any atom is -0.484 e. The summed E-state index contributed by atoms with van der Waals surface area (Å²) in [7, 11) is 0. The van der Waals surface area contributed by atoms with Crippen LogP contribution in [0.3, 0.4) is 0 Å². The Morgan fingerprint density at radius 2 is 2.25 bits per heavy atom. The molecule has 1 aromatic rings. The molecule has 4 nitrogen and oxygen atoms in total. The largest absolute Gasteiger partial charge is 0.484 e. The van der Waals surface area contributed by atoms with Gasteiger partial charge in [0.1, 0.15) is 17.1 Å². The zero-order valence-corrected chi connectivity index (χ0v) is 12.3. The number of amides is 1. The molecule has 20 heavy (non-hydrogen) atoms. The second-order valence-electron chi connectivity index (χ2n) is 4.88. The van der Waals surface area contributed by atoms with Crippen molar-refractivity contribution in [1.29, 1.82) is 5.26 Å². The monoisotopic (exact) mass is 298 g/mol. The summed E-state index contributed by atoms with van der Waals surface area (Å²) in [6.07, 6.45) is 0. The predicted molar refractivity (Wildman–Crippen MR) is 73.9 cm³/mol. The van der Waals surface area contributed by atoms with Crippen LogP contribution in [0.15, 0.2) is 18.2 Å². The lowest BCUT2D eigenvalue weighted by molar-refractivity contribution is -0.124. The van der Waals surface area contributed by atoms with Crippen molar-refractivity contribution < 1.29 is 13.9 Å². The maximum absolute atomic E-state index is 13.0. The lowest BCUT2D eigenvalue weighted by atomic mass is 9.90. The van der Waals surface area contributed by atoms with Gasteiger partial charge >= 0.3 is 0 Å². The van der Waals surface area contributed by atoms with Crippen molar-refractivity contribution in [2.75, 3.05) is 6.61 Å². The van der Waals surface area contributed by atoms with E-state index in [9.17, 15) is 9.18 Å². The molecule has 0 radical (unpaired) electrons. The van der Waals surface area contributed by atoms with Crippen LogP contribution >= 0.6 is 11.6 Å². The van der Waals surface area contributed by atoms with Crippen LogP contribution in [0.5, 0.6) is 5.75 Å². The van der Waals surface area contributed by atoms with Crippen molar-refractivity contribution in [1.82, 2.24) is 5.32 Å². The van der Waals surface area contributed by atoms with Gasteiger partial charge in [0.2, 0.25) is 0 Å². The smallest absolute Gasteiger partial charge is 0.259 e. The maximum atomic E-state index is 13.0. The van der Waals surface area contributed by atoms with Crippen LogP contribution in [0.1, 0.15) is 20.8 Å². The zero-order chi connectivity index (χ0) is 15.3. The van der Waals surface area contributed by atoms with Gasteiger partial charge in [0.25, 0.3) is 5.91 Å². The van der Waals surface area contributed by atoms with Crippen molar-refractivity contribution in [3.05, 3.63) is 29.0 Å². The third-order valence-electron chi connectivity index (χ3n) is 3.05. The second-order valence-corrected chi connectivity index (χ2v) is 5.29. The molecule has 1 aromatic carbocycles. The molecule has 108 valence electrons. The number of nitrogens with one attached hydrogen (secondary N) is 1. The number of hydrogen-bond acceptors (Lipinski definition) is 3. The van der Waals surface area contributed by atoms with Crippen LogP contribution in [0, 0.1) is 23.1 Å². The molecule has 0 spiro atoms. The van der Waals surface area contributed by atoms with Gasteiger partial charge in [0, 0.05) is 6.07 Å². The first-order valence-corrected chi connectivity index (χ1v) is 6.46. The molecule has 0 heterocycles. The minimum absolute atomic E-state index is 0.0447. The van der Waals surface area contributed by atoms with Crippen LogP contribution < -0.4 is 10.1 Å². The Hall–Kier alpha value is -1.80. The van der Waals surface area contributed by atoms with E-state index in [1.807, 2.05) is 13.8 Å². The standard InChI is InChI=1S/C14H16ClFN2O2/c1-9(2)14(3,8-17)18-13(19)7-20-10-4-5-12(16)11(15)6-10/h4-6,9H,7H2,1-3H3,(H,18,19)/t14-/m0/s1. The Morgan fingerprint density at radius 3 is 2.75 bits per heavy atom. The van der Waals surface area contributed by atoms with Gasteiger partial charge in [0.15, 0.2) is 6.61 Å². The molecular weight excluding hydrogens is 283 g/mol. The topological polar surface area (TPSA) is 62.1 Å². The van der Waals surface area contributed by atoms with Gasteiger partial charge in [-0.2, -0.15) is 5.26 Å². The molecule has 1 amide bonds. The average Bonchev–Trinajstić information content (AvgIpc) is 2.39. The SMILES string of the molecule is CC(C)[C@](C)(C#N)NC(=O)COc1ccc(F)c(Cl)c1. The molecule has 1 N–H and O–H groups in total. The molecule has 0 saturated heterocycles. The first-order chi connectivity index (χ1) is 9.28. The molecule has 0 aromatic heterocycles. The Balaban J connectivity index is 2.60. The summed E-state index contributed by atoms with van der Waals surface area (Å²) < 4.78 is 18.2. The number of rotatable bonds is 5. The van der Waals surface area contributed by atoms with Crippen LogP contribution in [0.2, 0.25) is 5.02 Å². The van der Waals surface area contributed by atoms with Gasteiger partial charge in [-0.05, 0) is 25.0 Å². The van der Waals surface area contributed by atoms with E-state index in [1.54, 1.807) is 6.92 Å². The summed E-state index contributed by atoms with van der Waals surface area (Å²) >= 11 is 5.60. The van der Waals surface area contributed by atoms with Crippen LogP contribution in [0.4, 0.5) is 4.39 Å². The van der Waals surface area contributed by atoms with Gasteiger partial charge in [0.05, 0.1) is 11.1 Å². The molecule has 1 atom stereocenters. The summed E-state index contributed by atoms with van der Waals surface area (Å²) in [5.74, 6) is -0.741. The van der Waals surface area contributed by atoms with E-state index in [4.69, 9.17) is 21.6 Å². The molecule has 0 fully saturated rings. The highest BCUT2D eigenvalue weighted by atomic mass is 35.5. The number of nitrogens with zero attached hydrogens (tertiary/aromatic N) is 1. The molecular formula is C14H16ClFN2O2. The zero-order valence-electron chi connectivity index (χ0n) is 11.5. The quantitative estimate of drug-likeness (QED) is 0.909. The molecule has 6 heteroatoms. The van der Waals surface area contributed by atoms with E-state index in [-0.39, 0.29) is 23.3 Å². The van der Waals surface area contributed by atoms with Crippen molar-refractivity contribution in [3.8, 4) is 11.8 Å². The number of nitriles is 1. The summed E-state index contributed by atoms with van der Waals surface area (Å²) in [4.78, 5) is 11.8. The fourth-order valence-electron chi connectivity index (χ4n) is 1.34. The van der Waals surface area contributed by atoms with Gasteiger partial charge in [-0.3, -0.25) is 4.79 Å². The lowest BCUT2D eigenvalue weighted by Crippen LogP contribution is -2.50. The van der Waals surface area contributed by atoms with Crippen LogP contribution in [0.25, 0.3) is 0 Å². The molecule has 1 rings (SSSR count). The number of hydrogen-bond donors (Lipinski definition) is 1. The highest BCUT2D eigenvalue weighted by Crippen LogP contribution is 2.21. The Labute approximate surface area is 122 Å². The molecule has 0 unspecified atom stereocenters. The first kappa shape index (κ1) is 16.3. The van der Waals surface area contributed by atoms with E-state index in [1.165, 1.54) is 12.1 Å². The molecule has 0 bridgehead atoms. The molecule has 0 aliphatic rings. The summed E-state index contributed by atoms with van der Waals surface area (Å²) in [5, 5.41) is 11.6. The summed E-state index contributed by atoms with van der Waals surface area (Å²) in [5.41, 5.74) is -0.957. The molecule has 0 aliphatic heterocycles. The summed E-state index contributed by atoms with van der Waals surface area (Å²) in [6, 6.07) is 5.88. The van der Waals surface area contributed by atoms with Crippen LogP contribution in [-0.4, -0.2) is 18.1 Å². The average molecular weight is 299 g/mol. The number of carbonyl (C=O) groups excluding carboxylic acids is 1. The molecule has 0 saturated carbocycles. The fraction of sp³-hybridized carbons (Fsp3) is 0.429. The van der Waals surface area contributed by atoms with Crippen molar-refractivity contribution in [3.63, 3.8) is 0 Å². The minimum atomic E-state index is -0.957. The Kier molecular flexibility index (Phi) is 5.34. The van der Waals surface area contributed by atoms with E-state index in [2.05, 4.69) is 11.4 Å². The Morgan fingerprint density at radius 1 is 1.60 bits per heavy atom. The first-order valence-electron chi connectivity index (χ1n) is 6.08. The van der Waals surface area contributed by atoms with Crippen molar-refractivity contribution in [2.24, 2.45) is 5.92 Å². The van der Waals surface area contributed by atoms with Gasteiger partial charge in [-0.15, -0.1) is 0 Å². The Bertz CT molecular complexity index is 542. The highest BCUT2D eigenvalue weighted by molar-refractivity contribution is 6.30. The molecule has 0 aliphatic carbocycles. The highest BCUT2D eigenvalue weighted by Gasteiger charge is 2.29. The van der Waals surface area contributed by atoms with Gasteiger partial charge in [-0.25, -0.2) is 4.39 Å². The van der Waals surface area contributed by atoms with E-state index < -0.39 is 17.3 Å². The van der Waals surface area contributed by atoms with Gasteiger partial charge in [-0.1, -0.05) is 25.4 Å².